The quantitative estimate of drug-likeness (QED) is 0.639. The monoisotopic (exact) mass is 407 g/mol. The molecule has 0 saturated carbocycles. The number of carbonyl (C=O) groups is 2. The Kier molecular flexibility index (Phi) is 5.89. The number of rotatable bonds is 6. The van der Waals surface area contributed by atoms with E-state index in [9.17, 15) is 14.7 Å². The smallest absolute Gasteiger partial charge is 0.328 e. The first-order valence-corrected chi connectivity index (χ1v) is 9.18. The Labute approximate surface area is 166 Å². The number of hydrazine groups is 1. The van der Waals surface area contributed by atoms with E-state index in [1.165, 1.54) is 5.01 Å². The van der Waals surface area contributed by atoms with Crippen LogP contribution < -0.4 is 16.2 Å². The first kappa shape index (κ1) is 19.5. The van der Waals surface area contributed by atoms with Crippen molar-refractivity contribution in [1.29, 1.82) is 0 Å². The molecule has 0 unspecified atom stereocenters. The van der Waals surface area contributed by atoms with Crippen molar-refractivity contribution < 1.29 is 14.7 Å². The maximum absolute atomic E-state index is 11.8. The molecule has 1 aliphatic rings. The van der Waals surface area contributed by atoms with Crippen LogP contribution in [0, 0.1) is 0 Å². The average molecular weight is 408 g/mol. The molecule has 4 N–H and O–H groups in total. The molecular weight excluding hydrogens is 389 g/mol. The van der Waals surface area contributed by atoms with Gasteiger partial charge in [0.2, 0.25) is 6.41 Å². The van der Waals surface area contributed by atoms with Crippen molar-refractivity contribution in [2.24, 2.45) is 5.73 Å². The second-order valence-electron chi connectivity index (χ2n) is 6.45. The molecular formula is C19H19Cl2N3O3. The third-order valence-electron chi connectivity index (χ3n) is 4.75. The van der Waals surface area contributed by atoms with E-state index in [0.29, 0.717) is 35.1 Å². The van der Waals surface area contributed by atoms with E-state index in [0.717, 1.165) is 16.7 Å². The van der Waals surface area contributed by atoms with Gasteiger partial charge in [0.15, 0.2) is 0 Å². The lowest BCUT2D eigenvalue weighted by atomic mass is 9.82. The van der Waals surface area contributed by atoms with Gasteiger partial charge >= 0.3 is 5.97 Å². The summed E-state index contributed by atoms with van der Waals surface area (Å²) >= 11 is 12.6. The Morgan fingerprint density at radius 2 is 2.04 bits per heavy atom. The molecule has 0 fully saturated rings. The highest BCUT2D eigenvalue weighted by Gasteiger charge is 2.38. The molecule has 2 aromatic carbocycles. The second-order valence-corrected chi connectivity index (χ2v) is 7.30. The first-order valence-electron chi connectivity index (χ1n) is 8.43. The number of carbonyl (C=O) groups excluding carboxylic acids is 1. The van der Waals surface area contributed by atoms with Crippen LogP contribution in [0.4, 0.5) is 5.69 Å². The number of nitrogens with two attached hydrogens (primary N) is 1. The molecule has 2 aromatic rings. The van der Waals surface area contributed by atoms with Gasteiger partial charge in [-0.3, -0.25) is 15.2 Å². The zero-order chi connectivity index (χ0) is 19.6. The van der Waals surface area contributed by atoms with E-state index < -0.39 is 12.0 Å². The Bertz CT molecular complexity index is 875. The van der Waals surface area contributed by atoms with E-state index in [1.54, 1.807) is 12.1 Å². The summed E-state index contributed by atoms with van der Waals surface area (Å²) in [4.78, 5) is 22.9. The number of halogens is 2. The highest BCUT2D eigenvalue weighted by atomic mass is 35.5. The SMILES string of the molecule is NCc1cccc(C[C@@H]2C[C@@H](C(=O)O)N(NC=O)c3cc(Cl)cc(Cl)c32)c1. The number of benzene rings is 2. The molecule has 3 rings (SSSR count). The lowest BCUT2D eigenvalue weighted by molar-refractivity contribution is -0.139. The van der Waals surface area contributed by atoms with E-state index in [-0.39, 0.29) is 12.3 Å². The maximum atomic E-state index is 11.8. The normalized spacial score (nSPS) is 18.7. The molecule has 0 spiro atoms. The van der Waals surface area contributed by atoms with Crippen LogP contribution in [-0.2, 0) is 22.6 Å². The molecule has 142 valence electrons. The highest BCUT2D eigenvalue weighted by molar-refractivity contribution is 6.35. The van der Waals surface area contributed by atoms with Gasteiger partial charge in [0.05, 0.1) is 5.69 Å². The summed E-state index contributed by atoms with van der Waals surface area (Å²) in [6.45, 7) is 0.431. The molecule has 2 atom stereocenters. The van der Waals surface area contributed by atoms with Gasteiger partial charge in [-0.2, -0.15) is 0 Å². The van der Waals surface area contributed by atoms with Crippen LogP contribution in [0.2, 0.25) is 10.0 Å². The Balaban J connectivity index is 2.07. The lowest BCUT2D eigenvalue weighted by Crippen LogP contribution is -2.53. The first-order chi connectivity index (χ1) is 12.9. The van der Waals surface area contributed by atoms with Gasteiger partial charge in [-0.25, -0.2) is 4.79 Å². The third-order valence-corrected chi connectivity index (χ3v) is 5.28. The molecule has 0 radical (unpaired) electrons. The standard InChI is InChI=1S/C19H19Cl2N3O3/c20-14-7-15(21)18-13(5-11-2-1-3-12(4-11)9-22)6-17(19(26)27)24(23-10-25)16(18)8-14/h1-4,7-8,10,13,17H,5-6,9,22H2,(H,23,25)(H,26,27)/t13-,17+/m1/s1. The van der Waals surface area contributed by atoms with Gasteiger partial charge in [0.1, 0.15) is 6.04 Å². The molecule has 1 heterocycles. The summed E-state index contributed by atoms with van der Waals surface area (Å²) in [6, 6.07) is 10.2. The minimum atomic E-state index is -1.04. The number of anilines is 1. The molecule has 1 amide bonds. The van der Waals surface area contributed by atoms with Crippen molar-refractivity contribution >= 4 is 41.3 Å². The molecule has 0 saturated heterocycles. The van der Waals surface area contributed by atoms with Gasteiger partial charge in [-0.15, -0.1) is 0 Å². The molecule has 0 aliphatic carbocycles. The zero-order valence-corrected chi connectivity index (χ0v) is 15.9. The average Bonchev–Trinajstić information content (AvgIpc) is 2.63. The van der Waals surface area contributed by atoms with Crippen molar-refractivity contribution in [3.05, 3.63) is 63.1 Å². The van der Waals surface area contributed by atoms with Gasteiger partial charge in [-0.05, 0) is 47.6 Å². The van der Waals surface area contributed by atoms with Crippen LogP contribution in [0.15, 0.2) is 36.4 Å². The Hall–Kier alpha value is -2.28. The summed E-state index contributed by atoms with van der Waals surface area (Å²) in [7, 11) is 0. The Morgan fingerprint density at radius 3 is 2.70 bits per heavy atom. The van der Waals surface area contributed by atoms with Crippen LogP contribution in [0.25, 0.3) is 0 Å². The predicted octanol–water partition coefficient (Wildman–Crippen LogP) is 3.10. The molecule has 1 aliphatic heterocycles. The van der Waals surface area contributed by atoms with Crippen molar-refractivity contribution in [1.82, 2.24) is 5.43 Å². The topological polar surface area (TPSA) is 95.7 Å². The number of carboxylic acids is 1. The molecule has 6 nitrogen and oxygen atoms in total. The number of nitrogens with zero attached hydrogens (tertiary/aromatic N) is 1. The van der Waals surface area contributed by atoms with E-state index in [2.05, 4.69) is 5.43 Å². The van der Waals surface area contributed by atoms with Crippen molar-refractivity contribution in [3.8, 4) is 0 Å². The number of fused-ring (bicyclic) bond motifs is 1. The largest absolute Gasteiger partial charge is 0.480 e. The maximum Gasteiger partial charge on any atom is 0.328 e. The van der Waals surface area contributed by atoms with Gasteiger partial charge < -0.3 is 10.8 Å². The van der Waals surface area contributed by atoms with Crippen LogP contribution >= 0.6 is 23.2 Å². The summed E-state index contributed by atoms with van der Waals surface area (Å²) < 4.78 is 0. The van der Waals surface area contributed by atoms with Gasteiger partial charge in [-0.1, -0.05) is 47.5 Å². The fourth-order valence-corrected chi connectivity index (χ4v) is 4.25. The molecule has 8 heteroatoms. The van der Waals surface area contributed by atoms with Crippen molar-refractivity contribution in [2.45, 2.75) is 31.3 Å². The lowest BCUT2D eigenvalue weighted by Gasteiger charge is -2.39. The number of aliphatic carboxylic acids is 1. The van der Waals surface area contributed by atoms with Crippen LogP contribution in [-0.4, -0.2) is 23.5 Å². The van der Waals surface area contributed by atoms with E-state index >= 15 is 0 Å². The number of hydrogen-bond acceptors (Lipinski definition) is 4. The number of carboxylic acid groups (broad SMARTS) is 1. The van der Waals surface area contributed by atoms with Crippen LogP contribution in [0.5, 0.6) is 0 Å². The fourth-order valence-electron chi connectivity index (χ4n) is 3.62. The molecule has 0 bridgehead atoms. The van der Waals surface area contributed by atoms with Gasteiger partial charge in [0.25, 0.3) is 0 Å². The van der Waals surface area contributed by atoms with Gasteiger partial charge in [0, 0.05) is 16.6 Å². The minimum Gasteiger partial charge on any atom is -0.480 e. The third kappa shape index (κ3) is 4.03. The second kappa shape index (κ2) is 8.17. The van der Waals surface area contributed by atoms with Crippen molar-refractivity contribution in [3.63, 3.8) is 0 Å². The fraction of sp³-hybridized carbons (Fsp3) is 0.263. The van der Waals surface area contributed by atoms with Crippen LogP contribution in [0.3, 0.4) is 0 Å². The van der Waals surface area contributed by atoms with Crippen molar-refractivity contribution in [2.75, 3.05) is 5.01 Å². The summed E-state index contributed by atoms with van der Waals surface area (Å²) in [5, 5.41) is 11.8. The zero-order valence-electron chi connectivity index (χ0n) is 14.4. The van der Waals surface area contributed by atoms with E-state index in [1.807, 2.05) is 24.3 Å². The predicted molar refractivity (Wildman–Crippen MR) is 105 cm³/mol. The number of amides is 1. The Morgan fingerprint density at radius 1 is 1.30 bits per heavy atom. The summed E-state index contributed by atoms with van der Waals surface area (Å²) in [5.74, 6) is -1.18. The summed E-state index contributed by atoms with van der Waals surface area (Å²) in [6.07, 6.45) is 1.33. The highest BCUT2D eigenvalue weighted by Crippen LogP contribution is 2.44. The minimum absolute atomic E-state index is 0.149. The van der Waals surface area contributed by atoms with E-state index in [4.69, 9.17) is 28.9 Å². The van der Waals surface area contributed by atoms with Crippen LogP contribution in [0.1, 0.15) is 29.0 Å². The molecule has 0 aromatic heterocycles. The number of nitrogens with one attached hydrogen (secondary N) is 1. The molecule has 27 heavy (non-hydrogen) atoms. The number of hydrogen-bond donors (Lipinski definition) is 3. The summed E-state index contributed by atoms with van der Waals surface area (Å²) in [5.41, 5.74) is 11.5.